The SMILES string of the molecule is CCNC(C)C(Cc1ccn(C)n1)C(C)C. The summed E-state index contributed by atoms with van der Waals surface area (Å²) in [6, 6.07) is 2.67. The van der Waals surface area contributed by atoms with Crippen LogP contribution < -0.4 is 5.32 Å². The van der Waals surface area contributed by atoms with E-state index in [4.69, 9.17) is 0 Å². The van der Waals surface area contributed by atoms with E-state index in [2.05, 4.69) is 44.2 Å². The van der Waals surface area contributed by atoms with Crippen LogP contribution in [0.1, 0.15) is 33.4 Å². The second-order valence-electron chi connectivity index (χ2n) is 4.94. The molecule has 2 atom stereocenters. The van der Waals surface area contributed by atoms with Crippen LogP contribution >= 0.6 is 0 Å². The quantitative estimate of drug-likeness (QED) is 0.801. The van der Waals surface area contributed by atoms with E-state index in [1.54, 1.807) is 0 Å². The largest absolute Gasteiger partial charge is 0.314 e. The van der Waals surface area contributed by atoms with Crippen molar-refractivity contribution in [1.82, 2.24) is 15.1 Å². The van der Waals surface area contributed by atoms with Gasteiger partial charge in [0.15, 0.2) is 0 Å². The first-order chi connectivity index (χ1) is 7.54. The summed E-state index contributed by atoms with van der Waals surface area (Å²) in [5, 5.41) is 7.98. The molecule has 0 radical (unpaired) electrons. The van der Waals surface area contributed by atoms with Gasteiger partial charge in [-0.2, -0.15) is 5.10 Å². The molecule has 1 rings (SSSR count). The van der Waals surface area contributed by atoms with Gasteiger partial charge in [0, 0.05) is 19.3 Å². The van der Waals surface area contributed by atoms with E-state index in [1.165, 1.54) is 5.69 Å². The molecule has 3 heteroatoms. The fraction of sp³-hybridized carbons (Fsp3) is 0.769. The zero-order valence-electron chi connectivity index (χ0n) is 11.2. The predicted octanol–water partition coefficient (Wildman–Crippen LogP) is 2.23. The van der Waals surface area contributed by atoms with Gasteiger partial charge in [0.05, 0.1) is 5.69 Å². The Hall–Kier alpha value is -0.830. The maximum Gasteiger partial charge on any atom is 0.0627 e. The van der Waals surface area contributed by atoms with Crippen molar-refractivity contribution in [2.75, 3.05) is 6.54 Å². The molecule has 92 valence electrons. The molecular formula is C13H25N3. The number of hydrogen-bond acceptors (Lipinski definition) is 2. The van der Waals surface area contributed by atoms with Gasteiger partial charge in [0.25, 0.3) is 0 Å². The third-order valence-corrected chi connectivity index (χ3v) is 3.24. The summed E-state index contributed by atoms with van der Waals surface area (Å²) in [4.78, 5) is 0. The average molecular weight is 223 g/mol. The molecule has 0 amide bonds. The number of rotatable bonds is 6. The maximum atomic E-state index is 4.46. The van der Waals surface area contributed by atoms with Crippen molar-refractivity contribution in [3.8, 4) is 0 Å². The zero-order valence-corrected chi connectivity index (χ0v) is 11.2. The Labute approximate surface area is 99.2 Å². The van der Waals surface area contributed by atoms with Crippen molar-refractivity contribution in [1.29, 1.82) is 0 Å². The highest BCUT2D eigenvalue weighted by atomic mass is 15.2. The lowest BCUT2D eigenvalue weighted by atomic mass is 9.85. The van der Waals surface area contributed by atoms with Crippen LogP contribution in [0.25, 0.3) is 0 Å². The second kappa shape index (κ2) is 6.04. The molecule has 0 aromatic carbocycles. The first-order valence-corrected chi connectivity index (χ1v) is 6.26. The lowest BCUT2D eigenvalue weighted by molar-refractivity contribution is 0.289. The van der Waals surface area contributed by atoms with Gasteiger partial charge in [-0.05, 0) is 37.8 Å². The molecule has 0 fully saturated rings. The molecule has 0 saturated heterocycles. The number of aromatic nitrogens is 2. The molecule has 1 heterocycles. The minimum atomic E-state index is 0.548. The van der Waals surface area contributed by atoms with Crippen molar-refractivity contribution in [3.05, 3.63) is 18.0 Å². The van der Waals surface area contributed by atoms with Gasteiger partial charge in [0.2, 0.25) is 0 Å². The van der Waals surface area contributed by atoms with E-state index in [0.717, 1.165) is 13.0 Å². The van der Waals surface area contributed by atoms with E-state index in [-0.39, 0.29) is 0 Å². The van der Waals surface area contributed by atoms with E-state index < -0.39 is 0 Å². The van der Waals surface area contributed by atoms with E-state index in [1.807, 2.05) is 17.9 Å². The van der Waals surface area contributed by atoms with Crippen molar-refractivity contribution in [2.24, 2.45) is 18.9 Å². The molecule has 0 aliphatic rings. The molecule has 0 saturated carbocycles. The standard InChI is InChI=1S/C13H25N3/c1-6-14-11(4)13(10(2)3)9-12-7-8-16(5)15-12/h7-8,10-11,13-14H,6,9H2,1-5H3. The first kappa shape index (κ1) is 13.2. The van der Waals surface area contributed by atoms with Crippen LogP contribution in [0, 0.1) is 11.8 Å². The molecule has 2 unspecified atom stereocenters. The van der Waals surface area contributed by atoms with Gasteiger partial charge in [-0.3, -0.25) is 4.68 Å². The summed E-state index contributed by atoms with van der Waals surface area (Å²) >= 11 is 0. The fourth-order valence-corrected chi connectivity index (χ4v) is 2.28. The molecule has 0 bridgehead atoms. The third-order valence-electron chi connectivity index (χ3n) is 3.24. The van der Waals surface area contributed by atoms with Crippen LogP contribution in [-0.2, 0) is 13.5 Å². The van der Waals surface area contributed by atoms with E-state index in [9.17, 15) is 0 Å². The Balaban J connectivity index is 2.64. The lowest BCUT2D eigenvalue weighted by Gasteiger charge is -2.27. The average Bonchev–Trinajstić information content (AvgIpc) is 2.60. The molecular weight excluding hydrogens is 198 g/mol. The van der Waals surface area contributed by atoms with Crippen LogP contribution in [0.15, 0.2) is 12.3 Å². The van der Waals surface area contributed by atoms with Gasteiger partial charge < -0.3 is 5.32 Å². The first-order valence-electron chi connectivity index (χ1n) is 6.26. The Morgan fingerprint density at radius 1 is 1.38 bits per heavy atom. The smallest absolute Gasteiger partial charge is 0.0627 e. The van der Waals surface area contributed by atoms with Crippen molar-refractivity contribution in [2.45, 2.75) is 40.2 Å². The van der Waals surface area contributed by atoms with Crippen LogP contribution in [0.3, 0.4) is 0 Å². The Kier molecular flexibility index (Phi) is 5.00. The van der Waals surface area contributed by atoms with Crippen LogP contribution in [0.5, 0.6) is 0 Å². The molecule has 0 spiro atoms. The number of aryl methyl sites for hydroxylation is 1. The lowest BCUT2D eigenvalue weighted by Crippen LogP contribution is -2.37. The Morgan fingerprint density at radius 3 is 2.50 bits per heavy atom. The highest BCUT2D eigenvalue weighted by Crippen LogP contribution is 2.20. The molecule has 1 N–H and O–H groups in total. The summed E-state index contributed by atoms with van der Waals surface area (Å²) in [5.74, 6) is 1.32. The highest BCUT2D eigenvalue weighted by molar-refractivity contribution is 5.01. The van der Waals surface area contributed by atoms with Crippen molar-refractivity contribution < 1.29 is 0 Å². The molecule has 1 aromatic rings. The molecule has 16 heavy (non-hydrogen) atoms. The summed E-state index contributed by atoms with van der Waals surface area (Å²) in [5.41, 5.74) is 1.20. The minimum Gasteiger partial charge on any atom is -0.314 e. The fourth-order valence-electron chi connectivity index (χ4n) is 2.28. The monoisotopic (exact) mass is 223 g/mol. The van der Waals surface area contributed by atoms with E-state index in [0.29, 0.717) is 17.9 Å². The topological polar surface area (TPSA) is 29.9 Å². The molecule has 1 aromatic heterocycles. The summed E-state index contributed by atoms with van der Waals surface area (Å²) in [6.07, 6.45) is 3.08. The highest BCUT2D eigenvalue weighted by Gasteiger charge is 2.21. The molecule has 0 aliphatic heterocycles. The van der Waals surface area contributed by atoms with Gasteiger partial charge in [-0.25, -0.2) is 0 Å². The van der Waals surface area contributed by atoms with Gasteiger partial charge >= 0.3 is 0 Å². The Bertz CT molecular complexity index is 304. The molecule has 3 nitrogen and oxygen atoms in total. The van der Waals surface area contributed by atoms with Crippen LogP contribution in [0.2, 0.25) is 0 Å². The number of hydrogen-bond donors (Lipinski definition) is 1. The summed E-state index contributed by atoms with van der Waals surface area (Å²) < 4.78 is 1.88. The number of nitrogens with one attached hydrogen (secondary N) is 1. The zero-order chi connectivity index (χ0) is 12.1. The van der Waals surface area contributed by atoms with Gasteiger partial charge in [0.1, 0.15) is 0 Å². The van der Waals surface area contributed by atoms with Crippen LogP contribution in [-0.4, -0.2) is 22.4 Å². The molecule has 0 aliphatic carbocycles. The predicted molar refractivity (Wildman–Crippen MR) is 68.4 cm³/mol. The van der Waals surface area contributed by atoms with Gasteiger partial charge in [-0.1, -0.05) is 20.8 Å². The van der Waals surface area contributed by atoms with Crippen molar-refractivity contribution in [3.63, 3.8) is 0 Å². The van der Waals surface area contributed by atoms with Crippen LogP contribution in [0.4, 0.5) is 0 Å². The van der Waals surface area contributed by atoms with E-state index >= 15 is 0 Å². The summed E-state index contributed by atoms with van der Waals surface area (Å²) in [6.45, 7) is 10.1. The second-order valence-corrected chi connectivity index (χ2v) is 4.94. The van der Waals surface area contributed by atoms with Gasteiger partial charge in [-0.15, -0.1) is 0 Å². The normalized spacial score (nSPS) is 15.4. The minimum absolute atomic E-state index is 0.548. The maximum absolute atomic E-state index is 4.46. The van der Waals surface area contributed by atoms with Crippen molar-refractivity contribution >= 4 is 0 Å². The Morgan fingerprint density at radius 2 is 2.06 bits per heavy atom. The number of nitrogens with zero attached hydrogens (tertiary/aromatic N) is 2. The summed E-state index contributed by atoms with van der Waals surface area (Å²) in [7, 11) is 1.97. The third kappa shape index (κ3) is 3.63.